The molecule has 0 saturated heterocycles. The Kier molecular flexibility index (Phi) is 10.3. The third kappa shape index (κ3) is 6.29. The van der Waals surface area contributed by atoms with Gasteiger partial charge in [0.25, 0.3) is 0 Å². The van der Waals surface area contributed by atoms with Crippen molar-refractivity contribution in [1.29, 1.82) is 0 Å². The van der Waals surface area contributed by atoms with E-state index in [-0.39, 0.29) is 0 Å². The molecule has 130 valence electrons. The van der Waals surface area contributed by atoms with E-state index in [1.165, 1.54) is 44.1 Å². The Morgan fingerprint density at radius 2 is 1.39 bits per heavy atom. The first kappa shape index (κ1) is 20.8. The second kappa shape index (κ2) is 11.3. The molecule has 0 atom stereocenters. The van der Waals surface area contributed by atoms with E-state index in [4.69, 9.17) is 0 Å². The average molecular weight is 421 g/mol. The minimum absolute atomic E-state index is 1.35. The Labute approximate surface area is 149 Å². The molecule has 0 aromatic heterocycles. The van der Waals surface area contributed by atoms with Crippen molar-refractivity contribution >= 4 is 28.0 Å². The molecule has 0 spiro atoms. The van der Waals surface area contributed by atoms with Crippen LogP contribution >= 0.6 is 0 Å². The van der Waals surface area contributed by atoms with E-state index < -0.39 is 18.4 Å². The Balaban J connectivity index is 3.22. The van der Waals surface area contributed by atoms with Gasteiger partial charge in [-0.15, -0.1) is 0 Å². The third-order valence-corrected chi connectivity index (χ3v) is 21.3. The summed E-state index contributed by atoms with van der Waals surface area (Å²) >= 11 is -2.25. The quantitative estimate of drug-likeness (QED) is 0.335. The number of rotatable bonds is 11. The molecule has 0 fully saturated rings. The Morgan fingerprint density at radius 3 is 1.78 bits per heavy atom. The molecule has 1 aromatic carbocycles. The van der Waals surface area contributed by atoms with Crippen LogP contribution in [0.1, 0.15) is 77.3 Å². The van der Waals surface area contributed by atoms with Crippen LogP contribution in [-0.2, 0) is 0 Å². The molecular weight excluding hydrogens is 383 g/mol. The van der Waals surface area contributed by atoms with E-state index in [9.17, 15) is 0 Å². The molecule has 0 unspecified atom stereocenters. The number of hydrogen-bond acceptors (Lipinski definition) is 0. The molecule has 0 heterocycles. The molecular formula is C22H38Sn. The molecule has 1 aromatic rings. The predicted octanol–water partition coefficient (Wildman–Crippen LogP) is 7.08. The van der Waals surface area contributed by atoms with E-state index in [0.29, 0.717) is 0 Å². The van der Waals surface area contributed by atoms with Gasteiger partial charge in [-0.25, -0.2) is 0 Å². The topological polar surface area (TPSA) is 0 Å². The standard InChI is InChI=1S/C10H11.3C4H9.Sn/c1-3-5-10-7-4-6-9(2)8-10;3*1-3-4-2;/h3-5,7-8H,1-2H3;3*1,3-4H2,2H3;/b5-3+;;;;. The Morgan fingerprint density at radius 1 is 0.870 bits per heavy atom. The van der Waals surface area contributed by atoms with Gasteiger partial charge in [-0.1, -0.05) is 0 Å². The second-order valence-electron chi connectivity index (χ2n) is 7.17. The minimum atomic E-state index is -2.25. The number of allylic oxidation sites excluding steroid dienone is 1. The predicted molar refractivity (Wildman–Crippen MR) is 110 cm³/mol. The van der Waals surface area contributed by atoms with E-state index >= 15 is 0 Å². The van der Waals surface area contributed by atoms with Crippen LogP contribution in [0.5, 0.6) is 0 Å². The summed E-state index contributed by atoms with van der Waals surface area (Å²) in [5.74, 6) is 0. The number of unbranched alkanes of at least 4 members (excludes halogenated alkanes) is 3. The summed E-state index contributed by atoms with van der Waals surface area (Å²) in [4.78, 5) is 0. The summed E-state index contributed by atoms with van der Waals surface area (Å²) in [5, 5.41) is 0. The third-order valence-electron chi connectivity index (χ3n) is 5.21. The van der Waals surface area contributed by atoms with Crippen molar-refractivity contribution in [2.24, 2.45) is 0 Å². The van der Waals surface area contributed by atoms with Gasteiger partial charge in [0.2, 0.25) is 0 Å². The van der Waals surface area contributed by atoms with E-state index in [1.807, 2.05) is 3.58 Å². The zero-order valence-corrected chi connectivity index (χ0v) is 19.1. The van der Waals surface area contributed by atoms with Crippen LogP contribution in [0, 0.1) is 6.92 Å². The van der Waals surface area contributed by atoms with Crippen molar-refractivity contribution in [1.82, 2.24) is 0 Å². The molecule has 0 aliphatic heterocycles. The first-order chi connectivity index (χ1) is 11.1. The van der Waals surface area contributed by atoms with Crippen molar-refractivity contribution in [2.75, 3.05) is 0 Å². The maximum atomic E-state index is 2.53. The first-order valence-electron chi connectivity index (χ1n) is 9.87. The fourth-order valence-corrected chi connectivity index (χ4v) is 21.0. The van der Waals surface area contributed by atoms with Gasteiger partial charge in [0.15, 0.2) is 0 Å². The fraction of sp³-hybridized carbons (Fsp3) is 0.636. The van der Waals surface area contributed by atoms with Crippen LogP contribution in [-0.4, -0.2) is 18.4 Å². The zero-order valence-electron chi connectivity index (χ0n) is 16.3. The summed E-state index contributed by atoms with van der Waals surface area (Å²) in [5.41, 5.74) is 2.95. The fourth-order valence-electron chi connectivity index (χ4n) is 3.90. The van der Waals surface area contributed by atoms with Crippen molar-refractivity contribution in [3.63, 3.8) is 0 Å². The molecule has 0 aliphatic carbocycles. The normalized spacial score (nSPS) is 12.2. The van der Waals surface area contributed by atoms with E-state index in [2.05, 4.69) is 65.0 Å². The van der Waals surface area contributed by atoms with Gasteiger partial charge >= 0.3 is 150 Å². The maximum absolute atomic E-state index is 2.53. The van der Waals surface area contributed by atoms with Crippen molar-refractivity contribution in [3.05, 3.63) is 35.4 Å². The molecule has 23 heavy (non-hydrogen) atoms. The number of hydrogen-bond donors (Lipinski definition) is 0. The van der Waals surface area contributed by atoms with Crippen LogP contribution in [0.3, 0.4) is 0 Å². The molecule has 0 bridgehead atoms. The molecule has 1 rings (SSSR count). The molecule has 0 aliphatic rings. The van der Waals surface area contributed by atoms with Gasteiger partial charge in [-0.05, 0) is 0 Å². The van der Waals surface area contributed by atoms with Gasteiger partial charge in [-0.2, -0.15) is 0 Å². The van der Waals surface area contributed by atoms with Crippen molar-refractivity contribution in [2.45, 2.75) is 86.5 Å². The van der Waals surface area contributed by atoms with Crippen LogP contribution < -0.4 is 3.58 Å². The van der Waals surface area contributed by atoms with Crippen molar-refractivity contribution in [3.8, 4) is 0 Å². The summed E-state index contributed by atoms with van der Waals surface area (Å²) in [6.07, 6.45) is 12.8. The van der Waals surface area contributed by atoms with Gasteiger partial charge in [0.1, 0.15) is 0 Å². The van der Waals surface area contributed by atoms with Crippen molar-refractivity contribution < 1.29 is 0 Å². The summed E-state index contributed by atoms with van der Waals surface area (Å²) in [6, 6.07) is 7.34. The second-order valence-corrected chi connectivity index (χ2v) is 20.3. The van der Waals surface area contributed by atoms with Gasteiger partial charge in [-0.3, -0.25) is 0 Å². The molecule has 0 nitrogen and oxygen atoms in total. The molecule has 1 heteroatoms. The van der Waals surface area contributed by atoms with Crippen LogP contribution in [0.2, 0.25) is 13.3 Å². The summed E-state index contributed by atoms with van der Waals surface area (Å²) in [6.45, 7) is 11.6. The van der Waals surface area contributed by atoms with Gasteiger partial charge < -0.3 is 0 Å². The summed E-state index contributed by atoms with van der Waals surface area (Å²) in [7, 11) is 0. The monoisotopic (exact) mass is 422 g/mol. The average Bonchev–Trinajstić information content (AvgIpc) is 2.55. The first-order valence-corrected chi connectivity index (χ1v) is 17.4. The zero-order chi connectivity index (χ0) is 17.1. The Hall–Kier alpha value is -0.241. The molecule has 0 amide bonds. The van der Waals surface area contributed by atoms with Crippen LogP contribution in [0.25, 0.3) is 6.08 Å². The number of benzene rings is 1. The van der Waals surface area contributed by atoms with Crippen LogP contribution in [0.15, 0.2) is 24.3 Å². The van der Waals surface area contributed by atoms with Gasteiger partial charge in [0, 0.05) is 0 Å². The van der Waals surface area contributed by atoms with Gasteiger partial charge in [0.05, 0.1) is 0 Å². The van der Waals surface area contributed by atoms with Crippen LogP contribution in [0.4, 0.5) is 0 Å². The SMILES string of the molecule is C/C=C/c1cc[c]([Sn]([CH2]CCC)([CH2]CCC)[CH2]CCC)c(C)c1. The van der Waals surface area contributed by atoms with E-state index in [1.54, 1.807) is 18.9 Å². The van der Waals surface area contributed by atoms with E-state index in [0.717, 1.165) is 0 Å². The molecule has 0 radical (unpaired) electrons. The molecule has 0 saturated carbocycles. The summed E-state index contributed by atoms with van der Waals surface area (Å²) < 4.78 is 6.53. The Bertz CT molecular complexity index is 451. The molecule has 0 N–H and O–H groups in total. The number of aryl methyl sites for hydroxylation is 1.